The van der Waals surface area contributed by atoms with Crippen molar-refractivity contribution >= 4 is 5.69 Å². The zero-order valence-corrected chi connectivity index (χ0v) is 10.1. The second kappa shape index (κ2) is 3.54. The topological polar surface area (TPSA) is 40.7 Å². The van der Waals surface area contributed by atoms with E-state index in [9.17, 15) is 0 Å². The summed E-state index contributed by atoms with van der Waals surface area (Å²) in [5.74, 6) is 0. The number of rotatable bonds is 2. The number of hydrogen-bond acceptors (Lipinski definition) is 2. The lowest BCUT2D eigenvalue weighted by Crippen LogP contribution is -2.18. The minimum atomic E-state index is 0.503. The number of hydrogen-bond donors (Lipinski definition) is 2. The highest BCUT2D eigenvalue weighted by atomic mass is 15.2. The Morgan fingerprint density at radius 3 is 2.60 bits per heavy atom. The van der Waals surface area contributed by atoms with Gasteiger partial charge in [-0.25, -0.2) is 0 Å². The van der Waals surface area contributed by atoms with Crippen LogP contribution in [0.2, 0.25) is 0 Å². The van der Waals surface area contributed by atoms with Gasteiger partial charge in [0.25, 0.3) is 0 Å². The summed E-state index contributed by atoms with van der Waals surface area (Å²) in [6.45, 7) is 8.82. The number of nitrogens with zero attached hydrogens (tertiary/aromatic N) is 1. The van der Waals surface area contributed by atoms with Crippen LogP contribution in [0.3, 0.4) is 0 Å². The third-order valence-electron chi connectivity index (χ3n) is 3.45. The predicted molar refractivity (Wildman–Crippen MR) is 63.1 cm³/mol. The molecule has 1 saturated carbocycles. The van der Waals surface area contributed by atoms with Crippen molar-refractivity contribution in [3.63, 3.8) is 0 Å². The first-order valence-electron chi connectivity index (χ1n) is 5.76. The highest BCUT2D eigenvalue weighted by Gasteiger charge is 2.31. The monoisotopic (exact) mass is 207 g/mol. The molecule has 84 valence electrons. The summed E-state index contributed by atoms with van der Waals surface area (Å²) < 4.78 is 0. The first kappa shape index (κ1) is 10.5. The molecule has 0 amide bonds. The first-order valence-corrected chi connectivity index (χ1v) is 5.76. The van der Waals surface area contributed by atoms with Crippen LogP contribution in [-0.2, 0) is 0 Å². The van der Waals surface area contributed by atoms with E-state index in [1.165, 1.54) is 24.9 Å². The van der Waals surface area contributed by atoms with Gasteiger partial charge in [-0.15, -0.1) is 0 Å². The van der Waals surface area contributed by atoms with Crippen LogP contribution in [0.4, 0.5) is 5.69 Å². The predicted octanol–water partition coefficient (Wildman–Crippen LogP) is 3.02. The average Bonchev–Trinajstić information content (AvgIpc) is 2.63. The van der Waals surface area contributed by atoms with Crippen molar-refractivity contribution in [2.75, 3.05) is 5.32 Å². The first-order chi connectivity index (χ1) is 6.98. The maximum Gasteiger partial charge on any atom is 0.0825 e. The Morgan fingerprint density at radius 2 is 2.13 bits per heavy atom. The molecule has 1 aliphatic carbocycles. The molecular formula is C12H21N3. The van der Waals surface area contributed by atoms with Gasteiger partial charge in [-0.1, -0.05) is 13.8 Å². The van der Waals surface area contributed by atoms with Gasteiger partial charge in [0.15, 0.2) is 0 Å². The number of aromatic nitrogens is 2. The summed E-state index contributed by atoms with van der Waals surface area (Å²) in [5, 5.41) is 10.8. The maximum absolute atomic E-state index is 4.21. The molecule has 3 nitrogen and oxygen atoms in total. The fourth-order valence-electron chi connectivity index (χ4n) is 2.53. The summed E-state index contributed by atoms with van der Waals surface area (Å²) in [4.78, 5) is 0. The van der Waals surface area contributed by atoms with Gasteiger partial charge in [0.05, 0.1) is 17.1 Å². The quantitative estimate of drug-likeness (QED) is 0.782. The fraction of sp³-hybridized carbons (Fsp3) is 0.750. The summed E-state index contributed by atoms with van der Waals surface area (Å²) in [6, 6.07) is 0.620. The minimum Gasteiger partial charge on any atom is -0.379 e. The molecule has 0 radical (unpaired) electrons. The Labute approximate surface area is 91.7 Å². The van der Waals surface area contributed by atoms with Crippen LogP contribution in [0.15, 0.2) is 0 Å². The number of nitrogens with one attached hydrogen (secondary N) is 2. The van der Waals surface area contributed by atoms with Crippen LogP contribution in [0.25, 0.3) is 0 Å². The molecule has 0 aliphatic heterocycles. The molecule has 0 bridgehead atoms. The zero-order chi connectivity index (χ0) is 11.1. The summed E-state index contributed by atoms with van der Waals surface area (Å²) in [7, 11) is 0. The number of H-pyrrole nitrogens is 1. The Morgan fingerprint density at radius 1 is 1.40 bits per heavy atom. The normalized spacial score (nSPS) is 24.4. The molecule has 2 N–H and O–H groups in total. The molecule has 1 aromatic heterocycles. The molecule has 3 heteroatoms. The van der Waals surface area contributed by atoms with Crippen molar-refractivity contribution in [1.29, 1.82) is 0 Å². The molecular weight excluding hydrogens is 186 g/mol. The molecule has 15 heavy (non-hydrogen) atoms. The summed E-state index contributed by atoms with van der Waals surface area (Å²) in [6.07, 6.45) is 3.86. The third-order valence-corrected chi connectivity index (χ3v) is 3.45. The molecule has 0 saturated heterocycles. The largest absolute Gasteiger partial charge is 0.379 e. The zero-order valence-electron chi connectivity index (χ0n) is 10.1. The second-order valence-corrected chi connectivity index (χ2v) is 5.56. The van der Waals surface area contributed by atoms with Crippen molar-refractivity contribution in [1.82, 2.24) is 10.2 Å². The number of anilines is 1. The van der Waals surface area contributed by atoms with Crippen LogP contribution < -0.4 is 5.32 Å². The van der Waals surface area contributed by atoms with E-state index in [4.69, 9.17) is 0 Å². The second-order valence-electron chi connectivity index (χ2n) is 5.56. The van der Waals surface area contributed by atoms with E-state index in [1.54, 1.807) is 0 Å². The lowest BCUT2D eigenvalue weighted by molar-refractivity contribution is 0.378. The van der Waals surface area contributed by atoms with E-state index < -0.39 is 0 Å². The van der Waals surface area contributed by atoms with E-state index in [0.29, 0.717) is 11.5 Å². The van der Waals surface area contributed by atoms with Gasteiger partial charge in [-0.3, -0.25) is 5.10 Å². The van der Waals surface area contributed by atoms with E-state index in [-0.39, 0.29) is 0 Å². The highest BCUT2D eigenvalue weighted by Crippen LogP contribution is 2.38. The lowest BCUT2D eigenvalue weighted by Gasteiger charge is -2.18. The molecule has 2 rings (SSSR count). The van der Waals surface area contributed by atoms with Crippen molar-refractivity contribution in [2.45, 2.75) is 53.0 Å². The average molecular weight is 207 g/mol. The maximum atomic E-state index is 4.21. The Bertz CT molecular complexity index is 332. The van der Waals surface area contributed by atoms with Gasteiger partial charge < -0.3 is 5.32 Å². The SMILES string of the molecule is Cc1n[nH]c(C)c1NC1CCC(C)(C)C1. The Kier molecular flexibility index (Phi) is 2.49. The number of aryl methyl sites for hydroxylation is 2. The molecule has 1 aliphatic rings. The standard InChI is InChI=1S/C12H21N3/c1-8-11(9(2)15-14-8)13-10-5-6-12(3,4)7-10/h10,13H,5-7H2,1-4H3,(H,14,15). The van der Waals surface area contributed by atoms with Crippen LogP contribution in [0, 0.1) is 19.3 Å². The van der Waals surface area contributed by atoms with Gasteiger partial charge in [0.1, 0.15) is 0 Å². The summed E-state index contributed by atoms with van der Waals surface area (Å²) in [5.41, 5.74) is 3.94. The van der Waals surface area contributed by atoms with Gasteiger partial charge in [-0.2, -0.15) is 5.10 Å². The van der Waals surface area contributed by atoms with Crippen molar-refractivity contribution < 1.29 is 0 Å². The Hall–Kier alpha value is -0.990. The minimum absolute atomic E-state index is 0.503. The molecule has 0 aromatic carbocycles. The lowest BCUT2D eigenvalue weighted by atomic mass is 9.92. The Balaban J connectivity index is 2.05. The van der Waals surface area contributed by atoms with Crippen LogP contribution in [0.5, 0.6) is 0 Å². The third kappa shape index (κ3) is 2.16. The molecule has 1 atom stereocenters. The summed E-state index contributed by atoms with van der Waals surface area (Å²) >= 11 is 0. The fourth-order valence-corrected chi connectivity index (χ4v) is 2.53. The molecule has 1 aromatic rings. The van der Waals surface area contributed by atoms with Crippen LogP contribution in [0.1, 0.15) is 44.5 Å². The van der Waals surface area contributed by atoms with Crippen molar-refractivity contribution in [2.24, 2.45) is 5.41 Å². The van der Waals surface area contributed by atoms with E-state index >= 15 is 0 Å². The van der Waals surface area contributed by atoms with E-state index in [2.05, 4.69) is 36.3 Å². The van der Waals surface area contributed by atoms with Gasteiger partial charge in [-0.05, 0) is 38.5 Å². The molecule has 1 fully saturated rings. The smallest absolute Gasteiger partial charge is 0.0825 e. The van der Waals surface area contributed by atoms with Crippen LogP contribution in [-0.4, -0.2) is 16.2 Å². The van der Waals surface area contributed by atoms with Crippen molar-refractivity contribution in [3.8, 4) is 0 Å². The molecule has 1 unspecified atom stereocenters. The highest BCUT2D eigenvalue weighted by molar-refractivity contribution is 5.52. The van der Waals surface area contributed by atoms with Gasteiger partial charge >= 0.3 is 0 Å². The van der Waals surface area contributed by atoms with Gasteiger partial charge in [0.2, 0.25) is 0 Å². The van der Waals surface area contributed by atoms with Gasteiger partial charge in [0, 0.05) is 6.04 Å². The van der Waals surface area contributed by atoms with Crippen LogP contribution >= 0.6 is 0 Å². The molecule has 0 spiro atoms. The molecule has 1 heterocycles. The van der Waals surface area contributed by atoms with E-state index in [1.807, 2.05) is 6.92 Å². The van der Waals surface area contributed by atoms with E-state index in [0.717, 1.165) is 11.4 Å². The van der Waals surface area contributed by atoms with Crippen molar-refractivity contribution in [3.05, 3.63) is 11.4 Å². The number of aromatic amines is 1.